The van der Waals surface area contributed by atoms with Crippen molar-refractivity contribution in [2.75, 3.05) is 11.9 Å². The van der Waals surface area contributed by atoms with Crippen molar-refractivity contribution in [2.24, 2.45) is 0 Å². The number of hydrogen-bond acceptors (Lipinski definition) is 4. The van der Waals surface area contributed by atoms with Gasteiger partial charge in [0, 0.05) is 16.6 Å². The van der Waals surface area contributed by atoms with Crippen LogP contribution in [0.4, 0.5) is 10.5 Å². The molecular weight excluding hydrogens is 418 g/mol. The zero-order valence-electron chi connectivity index (χ0n) is 17.9. The Labute approximate surface area is 190 Å². The average Bonchev–Trinajstić information content (AvgIpc) is 3.36. The van der Waals surface area contributed by atoms with Crippen LogP contribution in [-0.2, 0) is 15.1 Å². The van der Waals surface area contributed by atoms with E-state index in [0.29, 0.717) is 17.0 Å². The maximum absolute atomic E-state index is 13.2. The molecule has 5 rings (SSSR count). The number of anilines is 1. The Hall–Kier alpha value is -4.39. The van der Waals surface area contributed by atoms with Crippen LogP contribution in [0, 0.1) is 0 Å². The largest absolute Gasteiger partial charge is 0.458 e. The number of nitrogens with one attached hydrogen (secondary N) is 2. The number of fused-ring (bicyclic) bond motifs is 1. The van der Waals surface area contributed by atoms with E-state index in [4.69, 9.17) is 4.42 Å². The van der Waals surface area contributed by atoms with Crippen LogP contribution in [0.15, 0.2) is 89.3 Å². The van der Waals surface area contributed by atoms with E-state index in [2.05, 4.69) is 10.6 Å². The van der Waals surface area contributed by atoms with Crippen LogP contribution in [0.3, 0.4) is 0 Å². The van der Waals surface area contributed by atoms with Crippen LogP contribution >= 0.6 is 0 Å². The van der Waals surface area contributed by atoms with Gasteiger partial charge in [-0.1, -0.05) is 66.7 Å². The van der Waals surface area contributed by atoms with Crippen molar-refractivity contribution in [1.29, 1.82) is 0 Å². The van der Waals surface area contributed by atoms with E-state index in [-0.39, 0.29) is 0 Å². The molecule has 7 nitrogen and oxygen atoms in total. The molecule has 0 aliphatic carbocycles. The number of urea groups is 1. The van der Waals surface area contributed by atoms with Gasteiger partial charge in [0.2, 0.25) is 5.91 Å². The number of para-hydroxylation sites is 2. The van der Waals surface area contributed by atoms with E-state index in [1.54, 1.807) is 25.1 Å². The number of nitrogens with zero attached hydrogens (tertiary/aromatic N) is 1. The summed E-state index contributed by atoms with van der Waals surface area (Å²) in [4.78, 5) is 39.6. The molecule has 4 aromatic rings. The monoisotopic (exact) mass is 439 g/mol. The van der Waals surface area contributed by atoms with Gasteiger partial charge in [0.1, 0.15) is 17.9 Å². The molecule has 1 unspecified atom stereocenters. The minimum absolute atomic E-state index is 0.319. The second-order valence-electron chi connectivity index (χ2n) is 8.05. The highest BCUT2D eigenvalue weighted by Gasteiger charge is 2.51. The standard InChI is InChI=1S/C26H21N3O4/c1-26(22-15-18-11-5-8-14-21(18)33-22)24(31)29(25(32)28-26)16-23(30)27-20-13-7-6-12-19(20)17-9-3-2-4-10-17/h2-15H,16H2,1H3,(H,27,30)(H,28,32). The third kappa shape index (κ3) is 3.63. The number of carbonyl (C=O) groups is 3. The molecule has 1 atom stereocenters. The summed E-state index contributed by atoms with van der Waals surface area (Å²) in [6, 6.07) is 25.5. The quantitative estimate of drug-likeness (QED) is 0.448. The van der Waals surface area contributed by atoms with Gasteiger partial charge in [-0.25, -0.2) is 4.79 Å². The second-order valence-corrected chi connectivity index (χ2v) is 8.05. The Morgan fingerprint density at radius 2 is 1.67 bits per heavy atom. The summed E-state index contributed by atoms with van der Waals surface area (Å²) >= 11 is 0. The summed E-state index contributed by atoms with van der Waals surface area (Å²) in [6.45, 7) is 1.16. The van der Waals surface area contributed by atoms with E-state index in [1.165, 1.54) is 0 Å². The molecule has 3 aromatic carbocycles. The second kappa shape index (κ2) is 7.94. The van der Waals surface area contributed by atoms with Crippen LogP contribution in [-0.4, -0.2) is 29.3 Å². The summed E-state index contributed by atoms with van der Waals surface area (Å²) in [5.74, 6) is -0.701. The first-order valence-corrected chi connectivity index (χ1v) is 10.5. The maximum atomic E-state index is 13.2. The van der Waals surface area contributed by atoms with Gasteiger partial charge >= 0.3 is 6.03 Å². The molecule has 1 aliphatic heterocycles. The lowest BCUT2D eigenvalue weighted by atomic mass is 9.99. The van der Waals surface area contributed by atoms with Crippen LogP contribution < -0.4 is 10.6 Å². The van der Waals surface area contributed by atoms with Gasteiger partial charge in [-0.3, -0.25) is 14.5 Å². The normalized spacial score (nSPS) is 17.9. The molecule has 7 heteroatoms. The number of carbonyl (C=O) groups excluding carboxylic acids is 3. The highest BCUT2D eigenvalue weighted by Crippen LogP contribution is 2.33. The van der Waals surface area contributed by atoms with Crippen LogP contribution in [0.2, 0.25) is 0 Å². The van der Waals surface area contributed by atoms with Gasteiger partial charge in [-0.05, 0) is 30.7 Å². The molecule has 1 fully saturated rings. The molecule has 33 heavy (non-hydrogen) atoms. The summed E-state index contributed by atoms with van der Waals surface area (Å²) in [7, 11) is 0. The minimum Gasteiger partial charge on any atom is -0.458 e. The Morgan fingerprint density at radius 1 is 0.970 bits per heavy atom. The molecule has 2 N–H and O–H groups in total. The zero-order chi connectivity index (χ0) is 23.0. The molecule has 0 bridgehead atoms. The van der Waals surface area contributed by atoms with Gasteiger partial charge in [0.25, 0.3) is 5.91 Å². The van der Waals surface area contributed by atoms with E-state index >= 15 is 0 Å². The summed E-state index contributed by atoms with van der Waals surface area (Å²) in [6.07, 6.45) is 0. The summed E-state index contributed by atoms with van der Waals surface area (Å²) in [5.41, 5.74) is 1.61. The average molecular weight is 439 g/mol. The lowest BCUT2D eigenvalue weighted by Crippen LogP contribution is -2.41. The van der Waals surface area contributed by atoms with Crippen molar-refractivity contribution in [1.82, 2.24) is 10.2 Å². The first-order chi connectivity index (χ1) is 16.0. The Morgan fingerprint density at radius 3 is 2.45 bits per heavy atom. The number of hydrogen-bond donors (Lipinski definition) is 2. The van der Waals surface area contributed by atoms with Gasteiger partial charge in [0.05, 0.1) is 0 Å². The third-order valence-corrected chi connectivity index (χ3v) is 5.78. The third-order valence-electron chi connectivity index (χ3n) is 5.78. The van der Waals surface area contributed by atoms with E-state index in [9.17, 15) is 14.4 Å². The van der Waals surface area contributed by atoms with Gasteiger partial charge in [0.15, 0.2) is 5.54 Å². The van der Waals surface area contributed by atoms with Gasteiger partial charge < -0.3 is 15.1 Å². The topological polar surface area (TPSA) is 91.7 Å². The van der Waals surface area contributed by atoms with Crippen molar-refractivity contribution < 1.29 is 18.8 Å². The number of imide groups is 1. The van der Waals surface area contributed by atoms with Crippen molar-refractivity contribution >= 4 is 34.5 Å². The summed E-state index contributed by atoms with van der Waals surface area (Å²) in [5, 5.41) is 6.33. The lowest BCUT2D eigenvalue weighted by molar-refractivity contribution is -0.134. The fourth-order valence-electron chi connectivity index (χ4n) is 4.03. The zero-order valence-corrected chi connectivity index (χ0v) is 17.9. The van der Waals surface area contributed by atoms with E-state index < -0.39 is 29.9 Å². The van der Waals surface area contributed by atoms with Crippen molar-refractivity contribution in [2.45, 2.75) is 12.5 Å². The molecule has 1 aromatic heterocycles. The molecule has 1 saturated heterocycles. The van der Waals surface area contributed by atoms with Crippen molar-refractivity contribution in [3.8, 4) is 11.1 Å². The number of furan rings is 1. The minimum atomic E-state index is -1.39. The Kier molecular flexibility index (Phi) is 4.94. The Bertz CT molecular complexity index is 1350. The maximum Gasteiger partial charge on any atom is 0.325 e. The lowest BCUT2D eigenvalue weighted by Gasteiger charge is -2.19. The van der Waals surface area contributed by atoms with Gasteiger partial charge in [-0.2, -0.15) is 0 Å². The summed E-state index contributed by atoms with van der Waals surface area (Å²) < 4.78 is 5.82. The SMILES string of the molecule is CC1(c2cc3ccccc3o2)NC(=O)N(CC(=O)Nc2ccccc2-c2ccccc2)C1=O. The Balaban J connectivity index is 1.36. The van der Waals surface area contributed by atoms with Crippen molar-refractivity contribution in [3.05, 3.63) is 90.7 Å². The van der Waals surface area contributed by atoms with Crippen LogP contribution in [0.1, 0.15) is 12.7 Å². The van der Waals surface area contributed by atoms with Crippen molar-refractivity contribution in [3.63, 3.8) is 0 Å². The molecule has 0 spiro atoms. The smallest absolute Gasteiger partial charge is 0.325 e. The van der Waals surface area contributed by atoms with Crippen LogP contribution in [0.25, 0.3) is 22.1 Å². The predicted molar refractivity (Wildman–Crippen MR) is 124 cm³/mol. The van der Waals surface area contributed by atoms with E-state index in [1.807, 2.05) is 66.7 Å². The number of amides is 4. The van der Waals surface area contributed by atoms with E-state index in [0.717, 1.165) is 21.4 Å². The molecule has 4 amide bonds. The van der Waals surface area contributed by atoms with Crippen LogP contribution in [0.5, 0.6) is 0 Å². The molecule has 0 saturated carbocycles. The molecule has 1 aliphatic rings. The molecule has 0 radical (unpaired) electrons. The highest BCUT2D eigenvalue weighted by atomic mass is 16.3. The first-order valence-electron chi connectivity index (χ1n) is 10.5. The molecular formula is C26H21N3O4. The molecule has 164 valence electrons. The molecule has 2 heterocycles. The number of rotatable bonds is 5. The first kappa shape index (κ1) is 20.5. The fraction of sp³-hybridized carbons (Fsp3) is 0.115. The highest BCUT2D eigenvalue weighted by molar-refractivity contribution is 6.10. The predicted octanol–water partition coefficient (Wildman–Crippen LogP) is 4.51. The fourth-order valence-corrected chi connectivity index (χ4v) is 4.03. The van der Waals surface area contributed by atoms with Gasteiger partial charge in [-0.15, -0.1) is 0 Å². The number of benzene rings is 3.